The molecule has 1 amide bonds. The molecule has 0 aliphatic rings. The standard InChI is InChI=1S/C12H11N3OS2/c16-11(10-4-2-6-18-10)15-12(17)14-8-9-3-1-5-13-7-9/h1-7H,8H2,(H2,14,15,16,17). The fourth-order valence-electron chi connectivity index (χ4n) is 1.30. The molecule has 0 saturated carbocycles. The Morgan fingerprint density at radius 2 is 2.28 bits per heavy atom. The average Bonchev–Trinajstić information content (AvgIpc) is 2.91. The van der Waals surface area contributed by atoms with Gasteiger partial charge in [0.05, 0.1) is 4.88 Å². The monoisotopic (exact) mass is 277 g/mol. The lowest BCUT2D eigenvalue weighted by Crippen LogP contribution is -2.38. The third kappa shape index (κ3) is 3.61. The Balaban J connectivity index is 1.81. The summed E-state index contributed by atoms with van der Waals surface area (Å²) in [6.07, 6.45) is 3.46. The van der Waals surface area contributed by atoms with Crippen LogP contribution >= 0.6 is 23.6 Å². The van der Waals surface area contributed by atoms with Crippen LogP contribution in [0, 0.1) is 0 Å². The Morgan fingerprint density at radius 3 is 2.94 bits per heavy atom. The minimum absolute atomic E-state index is 0.186. The maximum Gasteiger partial charge on any atom is 0.267 e. The first-order chi connectivity index (χ1) is 8.75. The molecular formula is C12H11N3OS2. The molecule has 0 aliphatic carbocycles. The predicted octanol–water partition coefficient (Wildman–Crippen LogP) is 1.95. The summed E-state index contributed by atoms with van der Waals surface area (Å²) in [5.74, 6) is -0.186. The molecule has 0 aliphatic heterocycles. The van der Waals surface area contributed by atoms with Crippen molar-refractivity contribution in [2.45, 2.75) is 6.54 Å². The van der Waals surface area contributed by atoms with Crippen LogP contribution in [0.1, 0.15) is 15.2 Å². The third-order valence-electron chi connectivity index (χ3n) is 2.15. The largest absolute Gasteiger partial charge is 0.358 e. The number of carbonyl (C=O) groups excluding carboxylic acids is 1. The number of thiocarbonyl (C=S) groups is 1. The van der Waals surface area contributed by atoms with E-state index in [-0.39, 0.29) is 5.91 Å². The molecule has 0 fully saturated rings. The first-order valence-corrected chi connectivity index (χ1v) is 6.56. The molecule has 92 valence electrons. The van der Waals surface area contributed by atoms with Gasteiger partial charge in [-0.2, -0.15) is 0 Å². The van der Waals surface area contributed by atoms with E-state index < -0.39 is 0 Å². The molecule has 0 spiro atoms. The van der Waals surface area contributed by atoms with Crippen LogP contribution in [-0.2, 0) is 6.54 Å². The zero-order chi connectivity index (χ0) is 12.8. The number of hydrogen-bond donors (Lipinski definition) is 2. The van der Waals surface area contributed by atoms with Crippen LogP contribution in [0.25, 0.3) is 0 Å². The highest BCUT2D eigenvalue weighted by Gasteiger charge is 2.07. The number of thiophene rings is 1. The molecule has 0 unspecified atom stereocenters. The summed E-state index contributed by atoms with van der Waals surface area (Å²) in [6.45, 7) is 0.539. The van der Waals surface area contributed by atoms with Crippen molar-refractivity contribution in [3.05, 3.63) is 52.5 Å². The van der Waals surface area contributed by atoms with Gasteiger partial charge in [0.25, 0.3) is 5.91 Å². The van der Waals surface area contributed by atoms with Crippen LogP contribution < -0.4 is 10.6 Å². The van der Waals surface area contributed by atoms with Crippen molar-refractivity contribution in [3.8, 4) is 0 Å². The van der Waals surface area contributed by atoms with Gasteiger partial charge in [0.15, 0.2) is 5.11 Å². The van der Waals surface area contributed by atoms with Gasteiger partial charge in [0, 0.05) is 18.9 Å². The molecular weight excluding hydrogens is 266 g/mol. The number of hydrogen-bond acceptors (Lipinski definition) is 4. The van der Waals surface area contributed by atoms with E-state index in [1.807, 2.05) is 23.6 Å². The smallest absolute Gasteiger partial charge is 0.267 e. The summed E-state index contributed by atoms with van der Waals surface area (Å²) in [5.41, 5.74) is 1.00. The number of rotatable bonds is 3. The second kappa shape index (κ2) is 6.23. The molecule has 2 aromatic rings. The fourth-order valence-corrected chi connectivity index (χ4v) is 2.09. The Morgan fingerprint density at radius 1 is 1.39 bits per heavy atom. The van der Waals surface area contributed by atoms with Gasteiger partial charge in [-0.1, -0.05) is 12.1 Å². The molecule has 6 heteroatoms. The molecule has 0 saturated heterocycles. The average molecular weight is 277 g/mol. The van der Waals surface area contributed by atoms with Crippen LogP contribution in [0.3, 0.4) is 0 Å². The number of pyridine rings is 1. The van der Waals surface area contributed by atoms with E-state index in [1.54, 1.807) is 18.5 Å². The van der Waals surface area contributed by atoms with E-state index in [1.165, 1.54) is 11.3 Å². The highest BCUT2D eigenvalue weighted by Crippen LogP contribution is 2.07. The van der Waals surface area contributed by atoms with Gasteiger partial charge < -0.3 is 5.32 Å². The van der Waals surface area contributed by atoms with E-state index in [0.717, 1.165) is 5.56 Å². The molecule has 0 bridgehead atoms. The topological polar surface area (TPSA) is 54.0 Å². The van der Waals surface area contributed by atoms with Crippen molar-refractivity contribution in [1.82, 2.24) is 15.6 Å². The number of aromatic nitrogens is 1. The van der Waals surface area contributed by atoms with Gasteiger partial charge in [-0.15, -0.1) is 11.3 Å². The van der Waals surface area contributed by atoms with E-state index in [0.29, 0.717) is 16.5 Å². The summed E-state index contributed by atoms with van der Waals surface area (Å²) in [6, 6.07) is 7.36. The van der Waals surface area contributed by atoms with Crippen molar-refractivity contribution >= 4 is 34.6 Å². The van der Waals surface area contributed by atoms with Crippen molar-refractivity contribution in [1.29, 1.82) is 0 Å². The van der Waals surface area contributed by atoms with Crippen molar-refractivity contribution in [2.75, 3.05) is 0 Å². The summed E-state index contributed by atoms with van der Waals surface area (Å²) in [5, 5.41) is 7.75. The lowest BCUT2D eigenvalue weighted by Gasteiger charge is -2.08. The van der Waals surface area contributed by atoms with Crippen molar-refractivity contribution < 1.29 is 4.79 Å². The summed E-state index contributed by atoms with van der Waals surface area (Å²) < 4.78 is 0. The summed E-state index contributed by atoms with van der Waals surface area (Å²) in [4.78, 5) is 16.3. The molecule has 0 atom stereocenters. The van der Waals surface area contributed by atoms with Gasteiger partial charge in [-0.05, 0) is 35.3 Å². The second-order valence-electron chi connectivity index (χ2n) is 3.48. The van der Waals surface area contributed by atoms with Gasteiger partial charge in [0.2, 0.25) is 0 Å². The third-order valence-corrected chi connectivity index (χ3v) is 3.26. The van der Waals surface area contributed by atoms with Gasteiger partial charge in [0.1, 0.15) is 0 Å². The van der Waals surface area contributed by atoms with Gasteiger partial charge >= 0.3 is 0 Å². The first-order valence-electron chi connectivity index (χ1n) is 5.27. The van der Waals surface area contributed by atoms with Gasteiger partial charge in [-0.25, -0.2) is 0 Å². The number of carbonyl (C=O) groups is 1. The summed E-state index contributed by atoms with van der Waals surface area (Å²) in [7, 11) is 0. The lowest BCUT2D eigenvalue weighted by atomic mass is 10.3. The summed E-state index contributed by atoms with van der Waals surface area (Å²) >= 11 is 6.42. The first kappa shape index (κ1) is 12.7. The SMILES string of the molecule is O=C(NC(=S)NCc1cccnc1)c1cccs1. The minimum Gasteiger partial charge on any atom is -0.358 e. The predicted molar refractivity (Wildman–Crippen MR) is 75.5 cm³/mol. The molecule has 2 aromatic heterocycles. The van der Waals surface area contributed by atoms with Crippen LogP contribution in [0.2, 0.25) is 0 Å². The van der Waals surface area contributed by atoms with Crippen molar-refractivity contribution in [2.24, 2.45) is 0 Å². The number of amides is 1. The van der Waals surface area contributed by atoms with E-state index in [4.69, 9.17) is 12.2 Å². The normalized spacial score (nSPS) is 9.78. The zero-order valence-corrected chi connectivity index (χ0v) is 11.1. The van der Waals surface area contributed by atoms with E-state index in [9.17, 15) is 4.79 Å². The van der Waals surface area contributed by atoms with E-state index >= 15 is 0 Å². The second-order valence-corrected chi connectivity index (χ2v) is 4.83. The van der Waals surface area contributed by atoms with Crippen LogP contribution in [0.4, 0.5) is 0 Å². The van der Waals surface area contributed by atoms with Gasteiger partial charge in [-0.3, -0.25) is 15.1 Å². The Labute approximate surface area is 114 Å². The molecule has 2 heterocycles. The maximum absolute atomic E-state index is 11.7. The Bertz CT molecular complexity index is 526. The van der Waals surface area contributed by atoms with Crippen LogP contribution in [0.5, 0.6) is 0 Å². The number of nitrogens with one attached hydrogen (secondary N) is 2. The highest BCUT2D eigenvalue weighted by atomic mass is 32.1. The molecule has 4 nitrogen and oxygen atoms in total. The molecule has 2 N–H and O–H groups in total. The Kier molecular flexibility index (Phi) is 4.38. The van der Waals surface area contributed by atoms with E-state index in [2.05, 4.69) is 15.6 Å². The maximum atomic E-state index is 11.7. The zero-order valence-electron chi connectivity index (χ0n) is 9.42. The van der Waals surface area contributed by atoms with Crippen LogP contribution in [-0.4, -0.2) is 16.0 Å². The molecule has 0 radical (unpaired) electrons. The van der Waals surface area contributed by atoms with Crippen LogP contribution in [0.15, 0.2) is 42.0 Å². The molecule has 18 heavy (non-hydrogen) atoms. The molecule has 2 rings (SSSR count). The highest BCUT2D eigenvalue weighted by molar-refractivity contribution is 7.80. The molecule has 0 aromatic carbocycles. The Hall–Kier alpha value is -1.79. The fraction of sp³-hybridized carbons (Fsp3) is 0.0833. The number of nitrogens with zero attached hydrogens (tertiary/aromatic N) is 1. The minimum atomic E-state index is -0.186. The lowest BCUT2D eigenvalue weighted by molar-refractivity contribution is 0.0980. The van der Waals surface area contributed by atoms with Crippen molar-refractivity contribution in [3.63, 3.8) is 0 Å². The quantitative estimate of drug-likeness (QED) is 0.842.